The highest BCUT2D eigenvalue weighted by molar-refractivity contribution is 6.42. The molecule has 2 aromatic carbocycles. The second-order valence-corrected chi connectivity index (χ2v) is 7.52. The summed E-state index contributed by atoms with van der Waals surface area (Å²) < 4.78 is 10.7. The number of ether oxygens (including phenoxy) is 2. The predicted octanol–water partition coefficient (Wildman–Crippen LogP) is 4.32. The number of hydrogen-bond acceptors (Lipinski definition) is 4. The Bertz CT molecular complexity index is 859. The van der Waals surface area contributed by atoms with Crippen LogP contribution < -0.4 is 14.8 Å². The SMILES string of the molecule is CCCNC(=O)C(C)N(Cc1ccc(Cl)c(Cl)c1)C(=O)COc1ccc(OC)cc1. The third-order valence-corrected chi connectivity index (χ3v) is 5.21. The number of hydrogen-bond donors (Lipinski definition) is 1. The van der Waals surface area contributed by atoms with E-state index in [0.717, 1.165) is 12.0 Å². The van der Waals surface area contributed by atoms with E-state index in [9.17, 15) is 9.59 Å². The molecule has 0 aliphatic heterocycles. The van der Waals surface area contributed by atoms with Gasteiger partial charge in [-0.2, -0.15) is 0 Å². The lowest BCUT2D eigenvalue weighted by atomic mass is 10.1. The molecule has 2 aromatic rings. The minimum absolute atomic E-state index is 0.197. The number of nitrogens with zero attached hydrogens (tertiary/aromatic N) is 1. The topological polar surface area (TPSA) is 67.9 Å². The number of carbonyl (C=O) groups excluding carboxylic acids is 2. The summed E-state index contributed by atoms with van der Waals surface area (Å²) in [7, 11) is 1.57. The Balaban J connectivity index is 2.14. The molecule has 0 saturated carbocycles. The first-order valence-electron chi connectivity index (χ1n) is 9.63. The van der Waals surface area contributed by atoms with E-state index in [2.05, 4.69) is 5.32 Å². The van der Waals surface area contributed by atoms with Crippen molar-refractivity contribution in [3.8, 4) is 11.5 Å². The highest BCUT2D eigenvalue weighted by Gasteiger charge is 2.26. The van der Waals surface area contributed by atoms with Gasteiger partial charge in [-0.05, 0) is 55.3 Å². The molecule has 8 heteroatoms. The van der Waals surface area contributed by atoms with Crippen LogP contribution >= 0.6 is 23.2 Å². The zero-order valence-corrected chi connectivity index (χ0v) is 18.8. The molecule has 0 saturated heterocycles. The van der Waals surface area contributed by atoms with E-state index in [0.29, 0.717) is 28.1 Å². The number of nitrogens with one attached hydrogen (secondary N) is 1. The molecule has 2 amide bonds. The molecule has 0 aliphatic rings. The maximum absolute atomic E-state index is 13.0. The Labute approximate surface area is 187 Å². The van der Waals surface area contributed by atoms with Crippen LogP contribution in [0, 0.1) is 0 Å². The van der Waals surface area contributed by atoms with E-state index < -0.39 is 6.04 Å². The number of carbonyl (C=O) groups is 2. The predicted molar refractivity (Wildman–Crippen MR) is 118 cm³/mol. The molecule has 0 fully saturated rings. The molecule has 0 spiro atoms. The average molecular weight is 453 g/mol. The largest absolute Gasteiger partial charge is 0.497 e. The van der Waals surface area contributed by atoms with Gasteiger partial charge in [0.2, 0.25) is 5.91 Å². The molecule has 0 heterocycles. The van der Waals surface area contributed by atoms with Gasteiger partial charge in [-0.15, -0.1) is 0 Å². The zero-order valence-electron chi connectivity index (χ0n) is 17.3. The number of amides is 2. The van der Waals surface area contributed by atoms with Gasteiger partial charge in [0.1, 0.15) is 17.5 Å². The van der Waals surface area contributed by atoms with Crippen molar-refractivity contribution in [3.63, 3.8) is 0 Å². The quantitative estimate of drug-likeness (QED) is 0.582. The average Bonchev–Trinajstić information content (AvgIpc) is 2.76. The molecule has 0 bridgehead atoms. The fourth-order valence-electron chi connectivity index (χ4n) is 2.71. The first-order valence-corrected chi connectivity index (χ1v) is 10.4. The van der Waals surface area contributed by atoms with Crippen LogP contribution in [0.5, 0.6) is 11.5 Å². The molecular formula is C22H26Cl2N2O4. The number of benzene rings is 2. The Kier molecular flexibility index (Phi) is 9.27. The lowest BCUT2D eigenvalue weighted by molar-refractivity contribution is -0.142. The molecule has 0 aliphatic carbocycles. The second kappa shape index (κ2) is 11.7. The minimum Gasteiger partial charge on any atom is -0.497 e. The van der Waals surface area contributed by atoms with Crippen molar-refractivity contribution < 1.29 is 19.1 Å². The molecule has 6 nitrogen and oxygen atoms in total. The fraction of sp³-hybridized carbons (Fsp3) is 0.364. The van der Waals surface area contributed by atoms with Crippen LogP contribution in [0.25, 0.3) is 0 Å². The Morgan fingerprint density at radius 1 is 1.07 bits per heavy atom. The monoisotopic (exact) mass is 452 g/mol. The van der Waals surface area contributed by atoms with E-state index in [-0.39, 0.29) is 25.0 Å². The van der Waals surface area contributed by atoms with Gasteiger partial charge in [0.15, 0.2) is 6.61 Å². The molecule has 162 valence electrons. The zero-order chi connectivity index (χ0) is 22.1. The van der Waals surface area contributed by atoms with Crippen LogP contribution in [0.3, 0.4) is 0 Å². The number of rotatable bonds is 10. The van der Waals surface area contributed by atoms with Crippen LogP contribution in [-0.4, -0.2) is 43.0 Å². The standard InChI is InChI=1S/C22H26Cl2N2O4/c1-4-11-25-22(28)15(2)26(13-16-5-10-19(23)20(24)12-16)21(27)14-30-18-8-6-17(29-3)7-9-18/h5-10,12,15H,4,11,13-14H2,1-3H3,(H,25,28). The van der Waals surface area contributed by atoms with Crippen molar-refractivity contribution >= 4 is 35.0 Å². The normalized spacial score (nSPS) is 11.5. The van der Waals surface area contributed by atoms with E-state index in [1.54, 1.807) is 56.5 Å². The van der Waals surface area contributed by atoms with Gasteiger partial charge in [-0.3, -0.25) is 9.59 Å². The third kappa shape index (κ3) is 6.82. The summed E-state index contributed by atoms with van der Waals surface area (Å²) in [6.45, 7) is 4.18. The highest BCUT2D eigenvalue weighted by Crippen LogP contribution is 2.24. The summed E-state index contributed by atoms with van der Waals surface area (Å²) in [6.07, 6.45) is 0.805. The van der Waals surface area contributed by atoms with Crippen LogP contribution in [0.1, 0.15) is 25.8 Å². The van der Waals surface area contributed by atoms with Crippen LogP contribution in [0.4, 0.5) is 0 Å². The first-order chi connectivity index (χ1) is 14.3. The smallest absolute Gasteiger partial charge is 0.261 e. The van der Waals surface area contributed by atoms with Crippen molar-refractivity contribution in [1.82, 2.24) is 10.2 Å². The van der Waals surface area contributed by atoms with Crippen molar-refractivity contribution in [1.29, 1.82) is 0 Å². The van der Waals surface area contributed by atoms with Gasteiger partial charge in [-0.1, -0.05) is 36.2 Å². The lowest BCUT2D eigenvalue weighted by Gasteiger charge is -2.29. The minimum atomic E-state index is -0.682. The summed E-state index contributed by atoms with van der Waals surface area (Å²) in [4.78, 5) is 26.9. The highest BCUT2D eigenvalue weighted by atomic mass is 35.5. The Hall–Kier alpha value is -2.44. The van der Waals surface area contributed by atoms with Crippen molar-refractivity contribution in [2.75, 3.05) is 20.3 Å². The summed E-state index contributed by atoms with van der Waals surface area (Å²) in [5.74, 6) is 0.670. The maximum atomic E-state index is 13.0. The van der Waals surface area contributed by atoms with Gasteiger partial charge in [-0.25, -0.2) is 0 Å². The van der Waals surface area contributed by atoms with Gasteiger partial charge in [0.05, 0.1) is 17.2 Å². The molecular weight excluding hydrogens is 427 g/mol. The van der Waals surface area contributed by atoms with Crippen LogP contribution in [-0.2, 0) is 16.1 Å². The molecule has 0 aromatic heterocycles. The van der Waals surface area contributed by atoms with Crippen molar-refractivity contribution in [2.45, 2.75) is 32.9 Å². The Morgan fingerprint density at radius 3 is 2.33 bits per heavy atom. The molecule has 30 heavy (non-hydrogen) atoms. The summed E-state index contributed by atoms with van der Waals surface area (Å²) in [6, 6.07) is 11.4. The third-order valence-electron chi connectivity index (χ3n) is 4.48. The van der Waals surface area contributed by atoms with E-state index >= 15 is 0 Å². The summed E-state index contributed by atoms with van der Waals surface area (Å²) >= 11 is 12.1. The fourth-order valence-corrected chi connectivity index (χ4v) is 3.03. The van der Waals surface area contributed by atoms with E-state index in [1.165, 1.54) is 4.90 Å². The molecule has 1 N–H and O–H groups in total. The molecule has 1 atom stereocenters. The van der Waals surface area contributed by atoms with Crippen molar-refractivity contribution in [3.05, 3.63) is 58.1 Å². The first kappa shape index (κ1) is 23.8. The van der Waals surface area contributed by atoms with E-state index in [4.69, 9.17) is 32.7 Å². The maximum Gasteiger partial charge on any atom is 0.261 e. The molecule has 2 rings (SSSR count). The van der Waals surface area contributed by atoms with Crippen LogP contribution in [0.2, 0.25) is 10.0 Å². The van der Waals surface area contributed by atoms with Gasteiger partial charge in [0, 0.05) is 13.1 Å². The number of halogens is 2. The summed E-state index contributed by atoms with van der Waals surface area (Å²) in [5, 5.41) is 3.64. The molecule has 0 radical (unpaired) electrons. The lowest BCUT2D eigenvalue weighted by Crippen LogP contribution is -2.49. The summed E-state index contributed by atoms with van der Waals surface area (Å²) in [5.41, 5.74) is 0.761. The van der Waals surface area contributed by atoms with E-state index in [1.807, 2.05) is 6.92 Å². The van der Waals surface area contributed by atoms with Crippen LogP contribution in [0.15, 0.2) is 42.5 Å². The van der Waals surface area contributed by atoms with Crippen molar-refractivity contribution in [2.24, 2.45) is 0 Å². The molecule has 1 unspecified atom stereocenters. The van der Waals surface area contributed by atoms with Gasteiger partial charge in [0.25, 0.3) is 5.91 Å². The van der Waals surface area contributed by atoms with Gasteiger partial charge >= 0.3 is 0 Å². The number of methoxy groups -OCH3 is 1. The van der Waals surface area contributed by atoms with Gasteiger partial charge < -0.3 is 19.7 Å². The second-order valence-electron chi connectivity index (χ2n) is 6.70. The Morgan fingerprint density at radius 2 is 1.73 bits per heavy atom.